The fraction of sp³-hybridized carbons (Fsp3) is 0.417. The van der Waals surface area contributed by atoms with Crippen LogP contribution in [0.2, 0.25) is 0 Å². The maximum absolute atomic E-state index is 12.5. The molecular weight excluding hydrogens is 400 g/mol. The Morgan fingerprint density at radius 1 is 1.29 bits per heavy atom. The van der Waals surface area contributed by atoms with Crippen molar-refractivity contribution in [2.24, 2.45) is 5.92 Å². The summed E-state index contributed by atoms with van der Waals surface area (Å²) in [6.07, 6.45) is 4.59. The number of aliphatic hydroxyl groups is 2. The molecule has 7 nitrogen and oxygen atoms in total. The zero-order valence-electron chi connectivity index (χ0n) is 17.5. The number of carbonyl (C=O) groups is 2. The van der Waals surface area contributed by atoms with Crippen LogP contribution in [0.15, 0.2) is 59.4 Å². The van der Waals surface area contributed by atoms with Crippen LogP contribution < -0.4 is 0 Å². The van der Waals surface area contributed by atoms with Gasteiger partial charge in [-0.2, -0.15) is 0 Å². The van der Waals surface area contributed by atoms with E-state index < -0.39 is 29.4 Å². The summed E-state index contributed by atoms with van der Waals surface area (Å²) in [6.45, 7) is 3.28. The number of hydrogen-bond acceptors (Lipinski definition) is 7. The van der Waals surface area contributed by atoms with E-state index in [0.717, 1.165) is 5.56 Å². The highest BCUT2D eigenvalue weighted by Gasteiger charge is 2.51. The van der Waals surface area contributed by atoms with E-state index in [0.29, 0.717) is 12.8 Å². The van der Waals surface area contributed by atoms with Crippen molar-refractivity contribution in [3.8, 4) is 0 Å². The average Bonchev–Trinajstić information content (AvgIpc) is 3.21. The molecule has 0 radical (unpaired) electrons. The van der Waals surface area contributed by atoms with Crippen LogP contribution in [-0.2, 0) is 23.8 Å². The molecule has 4 rings (SSSR count). The lowest BCUT2D eigenvalue weighted by Gasteiger charge is -2.32. The van der Waals surface area contributed by atoms with E-state index in [1.54, 1.807) is 26.0 Å². The highest BCUT2D eigenvalue weighted by Crippen LogP contribution is 2.47. The quantitative estimate of drug-likeness (QED) is 0.564. The summed E-state index contributed by atoms with van der Waals surface area (Å²) in [7, 11) is 0. The molecular formula is C24H26O7. The largest absolute Gasteiger partial charge is 0.457 e. The number of ether oxygens (including phenoxy) is 3. The summed E-state index contributed by atoms with van der Waals surface area (Å²) >= 11 is 0. The predicted molar refractivity (Wildman–Crippen MR) is 111 cm³/mol. The second-order valence-corrected chi connectivity index (χ2v) is 8.55. The molecule has 1 saturated heterocycles. The van der Waals surface area contributed by atoms with Gasteiger partial charge in [-0.3, -0.25) is 0 Å². The molecule has 0 aromatic heterocycles. The molecule has 0 unspecified atom stereocenters. The summed E-state index contributed by atoms with van der Waals surface area (Å²) in [5, 5.41) is 21.7. The van der Waals surface area contributed by atoms with Crippen LogP contribution in [0.25, 0.3) is 6.08 Å². The molecule has 0 amide bonds. The van der Waals surface area contributed by atoms with E-state index in [1.807, 2.05) is 30.3 Å². The number of aliphatic hydroxyl groups excluding tert-OH is 1. The van der Waals surface area contributed by atoms with Crippen molar-refractivity contribution in [1.82, 2.24) is 0 Å². The van der Waals surface area contributed by atoms with Crippen molar-refractivity contribution in [3.05, 3.63) is 65.0 Å². The lowest BCUT2D eigenvalue weighted by atomic mass is 9.86. The Balaban J connectivity index is 1.57. The number of fused-ring (bicyclic) bond motifs is 3. The number of benzene rings is 1. The Bertz CT molecular complexity index is 977. The minimum absolute atomic E-state index is 0.0979. The van der Waals surface area contributed by atoms with Gasteiger partial charge < -0.3 is 24.4 Å². The number of esters is 2. The summed E-state index contributed by atoms with van der Waals surface area (Å²) < 4.78 is 16.6. The molecule has 4 atom stereocenters. The Morgan fingerprint density at radius 2 is 2.03 bits per heavy atom. The number of rotatable bonds is 4. The van der Waals surface area contributed by atoms with Gasteiger partial charge in [-0.25, -0.2) is 9.59 Å². The van der Waals surface area contributed by atoms with Gasteiger partial charge in [-0.1, -0.05) is 37.3 Å². The predicted octanol–water partition coefficient (Wildman–Crippen LogP) is 2.64. The molecule has 3 aliphatic heterocycles. The van der Waals surface area contributed by atoms with E-state index in [1.165, 1.54) is 6.08 Å². The molecule has 3 aliphatic rings. The van der Waals surface area contributed by atoms with Gasteiger partial charge in [0.15, 0.2) is 5.79 Å². The van der Waals surface area contributed by atoms with Crippen molar-refractivity contribution in [2.45, 2.75) is 50.6 Å². The van der Waals surface area contributed by atoms with Crippen molar-refractivity contribution < 1.29 is 34.0 Å². The zero-order valence-corrected chi connectivity index (χ0v) is 17.5. The van der Waals surface area contributed by atoms with Crippen LogP contribution in [-0.4, -0.2) is 46.3 Å². The number of hydrogen-bond donors (Lipinski definition) is 2. The Morgan fingerprint density at radius 3 is 2.77 bits per heavy atom. The Kier molecular flexibility index (Phi) is 5.60. The van der Waals surface area contributed by atoms with Crippen molar-refractivity contribution in [1.29, 1.82) is 0 Å². The van der Waals surface area contributed by atoms with Gasteiger partial charge in [-0.05, 0) is 37.5 Å². The van der Waals surface area contributed by atoms with Crippen molar-refractivity contribution in [2.75, 3.05) is 6.61 Å². The van der Waals surface area contributed by atoms with Crippen LogP contribution in [0.3, 0.4) is 0 Å². The molecule has 0 saturated carbocycles. The van der Waals surface area contributed by atoms with Crippen LogP contribution in [0.1, 0.15) is 38.7 Å². The van der Waals surface area contributed by atoms with E-state index in [4.69, 9.17) is 14.2 Å². The second kappa shape index (κ2) is 8.07. The van der Waals surface area contributed by atoms with Gasteiger partial charge in [0.2, 0.25) is 0 Å². The Hall–Kier alpha value is -2.74. The minimum atomic E-state index is -1.36. The standard InChI is InChI=1S/C24H26O7/c1-15-12-18(25)21-17(14-29-20(26)9-8-16-6-4-3-5-7-16)22(27)30-19(21)13-23(2)10-11-24(15,28)31-23/h3-9,13,15,18,25,28H,10-12,14H2,1-2H3/b9-8+,19-13+/t15-,18+,23-,24+/m1/s1. The SMILES string of the molecule is C[C@@H]1C[C@H](O)C2=C(COC(=O)/C=C/c3ccccc3)C(=O)O/C2=C/[C@@]2(C)CC[C@]1(O)O2. The normalized spacial score (nSPS) is 34.5. The molecule has 2 bridgehead atoms. The first-order valence-corrected chi connectivity index (χ1v) is 10.4. The van der Waals surface area contributed by atoms with Crippen LogP contribution >= 0.6 is 0 Å². The minimum Gasteiger partial charge on any atom is -0.457 e. The first-order chi connectivity index (χ1) is 14.7. The molecule has 31 heavy (non-hydrogen) atoms. The third-order valence-electron chi connectivity index (χ3n) is 6.12. The summed E-state index contributed by atoms with van der Waals surface area (Å²) in [4.78, 5) is 24.6. The highest BCUT2D eigenvalue weighted by atomic mass is 16.6. The first kappa shape index (κ1) is 21.5. The van der Waals surface area contributed by atoms with E-state index in [-0.39, 0.29) is 35.9 Å². The van der Waals surface area contributed by atoms with E-state index in [9.17, 15) is 19.8 Å². The van der Waals surface area contributed by atoms with Crippen molar-refractivity contribution in [3.63, 3.8) is 0 Å². The van der Waals surface area contributed by atoms with E-state index >= 15 is 0 Å². The molecule has 164 valence electrons. The molecule has 2 N–H and O–H groups in total. The van der Waals surface area contributed by atoms with Gasteiger partial charge in [0.25, 0.3) is 0 Å². The summed E-state index contributed by atoms with van der Waals surface area (Å²) in [5.74, 6) is -2.81. The fourth-order valence-electron chi connectivity index (χ4n) is 4.30. The third-order valence-corrected chi connectivity index (χ3v) is 6.12. The average molecular weight is 426 g/mol. The smallest absolute Gasteiger partial charge is 0.343 e. The highest BCUT2D eigenvalue weighted by molar-refractivity contribution is 5.96. The molecule has 7 heteroatoms. The molecule has 1 aromatic rings. The summed E-state index contributed by atoms with van der Waals surface area (Å²) in [5.41, 5.74) is 0.394. The van der Waals surface area contributed by atoms with Gasteiger partial charge in [0.05, 0.1) is 17.3 Å². The molecule has 1 aromatic carbocycles. The van der Waals surface area contributed by atoms with Crippen molar-refractivity contribution >= 4 is 18.0 Å². The topological polar surface area (TPSA) is 102 Å². The lowest BCUT2D eigenvalue weighted by Crippen LogP contribution is -2.39. The zero-order chi connectivity index (χ0) is 22.2. The van der Waals surface area contributed by atoms with Gasteiger partial charge in [-0.15, -0.1) is 0 Å². The monoisotopic (exact) mass is 426 g/mol. The fourth-order valence-corrected chi connectivity index (χ4v) is 4.30. The first-order valence-electron chi connectivity index (χ1n) is 10.4. The molecule has 3 heterocycles. The maximum Gasteiger partial charge on any atom is 0.343 e. The number of carbonyl (C=O) groups excluding carboxylic acids is 2. The van der Waals surface area contributed by atoms with Crippen LogP contribution in [0.4, 0.5) is 0 Å². The van der Waals surface area contributed by atoms with Gasteiger partial charge in [0.1, 0.15) is 12.4 Å². The van der Waals surface area contributed by atoms with E-state index in [2.05, 4.69) is 0 Å². The van der Waals surface area contributed by atoms with Crippen LogP contribution in [0, 0.1) is 5.92 Å². The maximum atomic E-state index is 12.5. The van der Waals surface area contributed by atoms with Gasteiger partial charge in [0, 0.05) is 24.0 Å². The van der Waals surface area contributed by atoms with Gasteiger partial charge >= 0.3 is 11.9 Å². The third kappa shape index (κ3) is 4.35. The Labute approximate surface area is 180 Å². The van der Waals surface area contributed by atoms with Crippen LogP contribution in [0.5, 0.6) is 0 Å². The molecule has 1 fully saturated rings. The second-order valence-electron chi connectivity index (χ2n) is 8.55. The lowest BCUT2D eigenvalue weighted by molar-refractivity contribution is -0.238. The summed E-state index contributed by atoms with van der Waals surface area (Å²) in [6, 6.07) is 9.28. The molecule has 0 spiro atoms. The molecule has 0 aliphatic carbocycles.